The van der Waals surface area contributed by atoms with E-state index in [9.17, 15) is 4.39 Å². The van der Waals surface area contributed by atoms with Gasteiger partial charge in [-0.05, 0) is 56.3 Å². The molecule has 30 heavy (non-hydrogen) atoms. The Bertz CT molecular complexity index is 996. The quantitative estimate of drug-likeness (QED) is 0.679. The fraction of sp³-hybridized carbons (Fsp3) is 0.478. The van der Waals surface area contributed by atoms with Gasteiger partial charge in [-0.1, -0.05) is 19.3 Å². The third kappa shape index (κ3) is 4.31. The van der Waals surface area contributed by atoms with Crippen molar-refractivity contribution >= 4 is 11.5 Å². The Balaban J connectivity index is 1.28. The highest BCUT2D eigenvalue weighted by molar-refractivity contribution is 5.58. The number of anilines is 1. The number of fused-ring (bicyclic) bond motifs is 1. The van der Waals surface area contributed by atoms with Crippen LogP contribution in [-0.4, -0.2) is 43.4 Å². The number of aromatic nitrogens is 4. The van der Waals surface area contributed by atoms with Gasteiger partial charge in [0.05, 0.1) is 12.7 Å². The summed E-state index contributed by atoms with van der Waals surface area (Å²) in [4.78, 5) is 15.8. The molecule has 0 aromatic carbocycles. The smallest absolute Gasteiger partial charge is 0.180 e. The summed E-state index contributed by atoms with van der Waals surface area (Å²) in [5.74, 6) is 1.63. The summed E-state index contributed by atoms with van der Waals surface area (Å²) in [5, 5.41) is 3.57. The zero-order valence-corrected chi connectivity index (χ0v) is 17.1. The van der Waals surface area contributed by atoms with Crippen molar-refractivity contribution in [2.24, 2.45) is 5.92 Å². The summed E-state index contributed by atoms with van der Waals surface area (Å²) in [5.41, 5.74) is 1.35. The number of pyridine rings is 1. The van der Waals surface area contributed by atoms with Crippen molar-refractivity contribution in [1.82, 2.24) is 24.3 Å². The van der Waals surface area contributed by atoms with Crippen LogP contribution in [0, 0.1) is 18.3 Å². The molecule has 0 spiro atoms. The van der Waals surface area contributed by atoms with Crippen LogP contribution < -0.4 is 5.32 Å². The lowest BCUT2D eigenvalue weighted by molar-refractivity contribution is 0.215. The number of hydrogen-bond donors (Lipinski definition) is 1. The molecule has 1 aliphatic carbocycles. The van der Waals surface area contributed by atoms with Crippen LogP contribution in [0.1, 0.15) is 44.9 Å². The minimum atomic E-state index is -0.316. The van der Waals surface area contributed by atoms with Crippen molar-refractivity contribution in [1.29, 1.82) is 0 Å². The molecule has 1 aliphatic heterocycles. The predicted octanol–water partition coefficient (Wildman–Crippen LogP) is 4.43. The molecular formula is C23H27FN6. The molecule has 1 atom stereocenters. The average Bonchev–Trinajstić information content (AvgIpc) is 3.18. The molecule has 6 nitrogen and oxygen atoms in total. The number of rotatable bonds is 5. The molecule has 7 heteroatoms. The Kier molecular flexibility index (Phi) is 5.62. The largest absolute Gasteiger partial charge is 0.366 e. The minimum Gasteiger partial charge on any atom is -0.366 e. The number of likely N-dealkylation sites (tertiary alicyclic amines) is 1. The summed E-state index contributed by atoms with van der Waals surface area (Å²) in [6.45, 7) is 5.80. The van der Waals surface area contributed by atoms with Crippen LogP contribution in [0.4, 0.5) is 10.2 Å². The zero-order chi connectivity index (χ0) is 20.3. The molecule has 0 amide bonds. The zero-order valence-electron chi connectivity index (χ0n) is 17.1. The van der Waals surface area contributed by atoms with Crippen molar-refractivity contribution in [3.63, 3.8) is 0 Å². The van der Waals surface area contributed by atoms with Crippen molar-refractivity contribution in [2.45, 2.75) is 51.0 Å². The second-order valence-electron chi connectivity index (χ2n) is 8.38. The Morgan fingerprint density at radius 3 is 2.83 bits per heavy atom. The monoisotopic (exact) mass is 406 g/mol. The molecule has 156 valence electrons. The van der Waals surface area contributed by atoms with E-state index >= 15 is 0 Å². The van der Waals surface area contributed by atoms with E-state index in [0.29, 0.717) is 29.1 Å². The second kappa shape index (κ2) is 8.68. The van der Waals surface area contributed by atoms with Gasteiger partial charge in [0.25, 0.3) is 0 Å². The van der Waals surface area contributed by atoms with Crippen molar-refractivity contribution in [3.05, 3.63) is 49.2 Å². The van der Waals surface area contributed by atoms with Gasteiger partial charge in [0.2, 0.25) is 0 Å². The maximum atomic E-state index is 13.7. The van der Waals surface area contributed by atoms with Crippen molar-refractivity contribution in [3.8, 4) is 11.5 Å². The highest BCUT2D eigenvalue weighted by atomic mass is 19.1. The number of nitrogens with zero attached hydrogens (tertiary/aromatic N) is 5. The van der Waals surface area contributed by atoms with Crippen LogP contribution in [0.5, 0.6) is 0 Å². The molecule has 2 aliphatic rings. The van der Waals surface area contributed by atoms with E-state index in [4.69, 9.17) is 0 Å². The standard InChI is InChI=1S/C23H27FN6/c24-18-8-9-22-26-13-20(30(22)15-18)23-25-11-10-21(28-23)27-19-7-4-12-29(16-19)14-17-5-2-1-3-6-17/h8-11,13,15,17,19H,1-7,12,16H2,(H,25,27,28)/t19-/m1/s1. The van der Waals surface area contributed by atoms with Crippen molar-refractivity contribution in [2.75, 3.05) is 18.4 Å². The van der Waals surface area contributed by atoms with Gasteiger partial charge in [0.1, 0.15) is 23.0 Å². The second-order valence-corrected chi connectivity index (χ2v) is 8.38. The van der Waals surface area contributed by atoms with Gasteiger partial charge in [0, 0.05) is 25.0 Å². The van der Waals surface area contributed by atoms with Crippen LogP contribution in [0.3, 0.4) is 0 Å². The Morgan fingerprint density at radius 2 is 1.93 bits per heavy atom. The highest BCUT2D eigenvalue weighted by Crippen LogP contribution is 2.28. The lowest BCUT2D eigenvalue weighted by Gasteiger charge is -2.35. The Labute approximate surface area is 176 Å². The molecule has 4 heterocycles. The summed E-state index contributed by atoms with van der Waals surface area (Å²) in [6.07, 6.45) is 13.7. The molecule has 3 aromatic rings. The lowest BCUT2D eigenvalue weighted by Crippen LogP contribution is -2.42. The van der Waals surface area contributed by atoms with Gasteiger partial charge in [0.15, 0.2) is 5.82 Å². The van der Waals surface area contributed by atoms with E-state index in [1.54, 1.807) is 22.9 Å². The van der Waals surface area contributed by atoms with Crippen LogP contribution >= 0.6 is 0 Å². The maximum Gasteiger partial charge on any atom is 0.180 e. The summed E-state index contributed by atoms with van der Waals surface area (Å²) in [7, 11) is 0. The van der Waals surface area contributed by atoms with E-state index in [0.717, 1.165) is 31.7 Å². The maximum absolute atomic E-state index is 13.7. The number of imidazole rings is 1. The normalized spacial score (nSPS) is 21.2. The van der Waals surface area contributed by atoms with Gasteiger partial charge in [-0.25, -0.2) is 19.3 Å². The molecule has 2 radical (unpaired) electrons. The molecule has 3 aromatic heterocycles. The molecule has 1 saturated heterocycles. The number of nitrogens with one attached hydrogen (secondary N) is 1. The van der Waals surface area contributed by atoms with Gasteiger partial charge < -0.3 is 5.32 Å². The molecule has 1 N–H and O–H groups in total. The Hall–Kier alpha value is -2.54. The van der Waals surface area contributed by atoms with Crippen LogP contribution in [0.25, 0.3) is 17.2 Å². The van der Waals surface area contributed by atoms with Gasteiger partial charge >= 0.3 is 0 Å². The van der Waals surface area contributed by atoms with Gasteiger partial charge in [-0.3, -0.25) is 9.30 Å². The summed E-state index contributed by atoms with van der Waals surface area (Å²) >= 11 is 0. The van der Waals surface area contributed by atoms with E-state index in [-0.39, 0.29) is 5.82 Å². The van der Waals surface area contributed by atoms with Crippen molar-refractivity contribution < 1.29 is 4.39 Å². The average molecular weight is 407 g/mol. The fourth-order valence-electron chi connectivity index (χ4n) is 4.59. The predicted molar refractivity (Wildman–Crippen MR) is 114 cm³/mol. The van der Waals surface area contributed by atoms with Crippen LogP contribution in [-0.2, 0) is 0 Å². The highest BCUT2D eigenvalue weighted by Gasteiger charge is 2.24. The van der Waals surface area contributed by atoms with Gasteiger partial charge in [-0.15, -0.1) is 0 Å². The third-order valence-corrected chi connectivity index (χ3v) is 6.10. The SMILES string of the molecule is Fc1ccc2ncc(-c3nccc(N[C@@H]4CCCN([C]C5CCCCC5)C4)n3)n2c1. The van der Waals surface area contributed by atoms with E-state index in [2.05, 4.69) is 31.7 Å². The minimum absolute atomic E-state index is 0.316. The van der Waals surface area contributed by atoms with E-state index in [1.165, 1.54) is 44.4 Å². The molecule has 5 rings (SSSR count). The molecular weight excluding hydrogens is 379 g/mol. The van der Waals surface area contributed by atoms with Gasteiger partial charge in [-0.2, -0.15) is 0 Å². The van der Waals surface area contributed by atoms with Crippen LogP contribution in [0.2, 0.25) is 0 Å². The fourth-order valence-corrected chi connectivity index (χ4v) is 4.59. The molecule has 2 fully saturated rings. The number of hydrogen-bond acceptors (Lipinski definition) is 5. The lowest BCUT2D eigenvalue weighted by atomic mass is 9.88. The molecule has 0 bridgehead atoms. The number of piperidine rings is 1. The molecule has 1 saturated carbocycles. The summed E-state index contributed by atoms with van der Waals surface area (Å²) in [6, 6.07) is 5.27. The third-order valence-electron chi connectivity index (χ3n) is 6.10. The first-order valence-electron chi connectivity index (χ1n) is 11.0. The van der Waals surface area contributed by atoms with E-state index < -0.39 is 0 Å². The van der Waals surface area contributed by atoms with E-state index in [1.807, 2.05) is 6.07 Å². The Morgan fingerprint density at radius 1 is 1.03 bits per heavy atom. The first kappa shape index (κ1) is 19.4. The first-order chi connectivity index (χ1) is 14.7. The first-order valence-corrected chi connectivity index (χ1v) is 11.0. The van der Waals surface area contributed by atoms with Crippen LogP contribution in [0.15, 0.2) is 36.8 Å². The number of halogens is 1. The molecule has 0 unspecified atom stereocenters. The summed E-state index contributed by atoms with van der Waals surface area (Å²) < 4.78 is 15.4. The topological polar surface area (TPSA) is 58.4 Å².